The minimum atomic E-state index is -2.11. The van der Waals surface area contributed by atoms with Crippen LogP contribution in [0.3, 0.4) is 0 Å². The summed E-state index contributed by atoms with van der Waals surface area (Å²) < 4.78 is 74.5. The molecule has 2 aromatic rings. The van der Waals surface area contributed by atoms with Crippen molar-refractivity contribution in [3.63, 3.8) is 0 Å². The molecule has 47 heavy (non-hydrogen) atoms. The van der Waals surface area contributed by atoms with Gasteiger partial charge in [0.1, 0.15) is 6.61 Å². The van der Waals surface area contributed by atoms with E-state index in [1.54, 1.807) is 26.0 Å². The predicted molar refractivity (Wildman–Crippen MR) is 169 cm³/mol. The Kier molecular flexibility index (Phi) is 19.8. The number of nitrogens with zero attached hydrogens (tertiary/aromatic N) is 1. The molecule has 0 bridgehead atoms. The highest BCUT2D eigenvalue weighted by Gasteiger charge is 2.28. The normalized spacial score (nSPS) is 12.3. The summed E-state index contributed by atoms with van der Waals surface area (Å²) in [6.45, 7) is 16.4. The van der Waals surface area contributed by atoms with E-state index in [2.05, 4.69) is 15.3 Å². The molecule has 0 aliphatic carbocycles. The van der Waals surface area contributed by atoms with Crippen LogP contribution in [0.25, 0.3) is 0 Å². The van der Waals surface area contributed by atoms with Crippen molar-refractivity contribution in [1.29, 1.82) is 0 Å². The van der Waals surface area contributed by atoms with Crippen molar-refractivity contribution < 1.29 is 50.6 Å². The maximum Gasteiger partial charge on any atom is 0.433 e. The molecular formula is C34H47F5N2O6. The van der Waals surface area contributed by atoms with E-state index in [0.717, 1.165) is 18.6 Å². The second-order valence-electron chi connectivity index (χ2n) is 11.1. The van der Waals surface area contributed by atoms with Crippen LogP contribution in [0.1, 0.15) is 110 Å². The standard InChI is InChI=1S/C13H24N2O4.C11H14O2.C10H9F5/c1-6-10(3)15-19-12(17)14-8-9-18-11(16)13(4,5)7-2;1-3-9(2)13-11(12)10-7-5-4-6-8-10;1-3-4(2)5-6(11)8(13)10(15)9(14)7(5)12/h6-9H2,1-5H3,(H,14,17);4-9H,3H2,1-2H3;4H,3H2,1-2H3. The Hall–Kier alpha value is -4.03. The number of oxime groups is 1. The lowest BCUT2D eigenvalue weighted by Gasteiger charge is -2.20. The molecule has 2 atom stereocenters. The van der Waals surface area contributed by atoms with E-state index in [9.17, 15) is 36.3 Å². The summed E-state index contributed by atoms with van der Waals surface area (Å²) in [6, 6.07) is 9.04. The van der Waals surface area contributed by atoms with Crippen molar-refractivity contribution in [3.05, 3.63) is 70.5 Å². The molecule has 0 heterocycles. The van der Waals surface area contributed by atoms with Gasteiger partial charge in [-0.15, -0.1) is 0 Å². The first-order valence-corrected chi connectivity index (χ1v) is 15.4. The largest absolute Gasteiger partial charge is 0.463 e. The number of carbonyl (C=O) groups excluding carboxylic acids is 3. The maximum absolute atomic E-state index is 13.1. The van der Waals surface area contributed by atoms with Crippen molar-refractivity contribution in [3.8, 4) is 0 Å². The number of hydrogen-bond donors (Lipinski definition) is 1. The lowest BCUT2D eigenvalue weighted by molar-refractivity contribution is -0.153. The number of nitrogens with one attached hydrogen (secondary N) is 1. The number of carbonyl (C=O) groups is 3. The summed E-state index contributed by atoms with van der Waals surface area (Å²) in [5.74, 6) is -10.6. The van der Waals surface area contributed by atoms with Gasteiger partial charge in [0.25, 0.3) is 0 Å². The molecule has 1 amide bonds. The number of rotatable bonds is 12. The van der Waals surface area contributed by atoms with Crippen molar-refractivity contribution >= 4 is 23.7 Å². The molecule has 0 aliphatic rings. The van der Waals surface area contributed by atoms with Gasteiger partial charge in [0.05, 0.1) is 29.3 Å². The van der Waals surface area contributed by atoms with E-state index in [0.29, 0.717) is 18.4 Å². The van der Waals surface area contributed by atoms with Gasteiger partial charge in [0.15, 0.2) is 23.3 Å². The maximum atomic E-state index is 13.1. The van der Waals surface area contributed by atoms with Gasteiger partial charge >= 0.3 is 18.0 Å². The quantitative estimate of drug-likeness (QED) is 0.0352. The minimum Gasteiger partial charge on any atom is -0.463 e. The molecule has 2 rings (SSSR count). The van der Waals surface area contributed by atoms with Crippen LogP contribution in [0.5, 0.6) is 0 Å². The van der Waals surface area contributed by atoms with Crippen LogP contribution in [0.2, 0.25) is 0 Å². The number of benzene rings is 2. The molecule has 0 aromatic heterocycles. The smallest absolute Gasteiger partial charge is 0.433 e. The SMILES string of the molecule is CCC(C)=NOC(=O)NCCOC(=O)C(C)(C)CC.CCC(C)OC(=O)c1ccccc1.CCC(C)c1c(F)c(F)c(F)c(F)c1F. The number of esters is 2. The van der Waals surface area contributed by atoms with Gasteiger partial charge in [-0.05, 0) is 71.4 Å². The number of hydrogen-bond acceptors (Lipinski definition) is 7. The molecule has 13 heteroatoms. The molecule has 2 unspecified atom stereocenters. The average Bonchev–Trinajstić information content (AvgIpc) is 3.07. The first-order chi connectivity index (χ1) is 22.0. The first-order valence-electron chi connectivity index (χ1n) is 15.4. The molecule has 0 saturated carbocycles. The Morgan fingerprint density at radius 1 is 0.851 bits per heavy atom. The Morgan fingerprint density at radius 3 is 1.85 bits per heavy atom. The third-order valence-corrected chi connectivity index (χ3v) is 7.08. The summed E-state index contributed by atoms with van der Waals surface area (Å²) in [7, 11) is 0. The lowest BCUT2D eigenvalue weighted by Crippen LogP contribution is -2.31. The summed E-state index contributed by atoms with van der Waals surface area (Å²) >= 11 is 0. The Balaban J connectivity index is 0.000000687. The molecule has 264 valence electrons. The van der Waals surface area contributed by atoms with Crippen LogP contribution < -0.4 is 5.32 Å². The zero-order chi connectivity index (χ0) is 36.3. The van der Waals surface area contributed by atoms with Gasteiger partial charge in [0.2, 0.25) is 5.82 Å². The Labute approximate surface area is 274 Å². The summed E-state index contributed by atoms with van der Waals surface area (Å²) in [4.78, 5) is 38.8. The second-order valence-corrected chi connectivity index (χ2v) is 11.1. The number of halogens is 5. The van der Waals surface area contributed by atoms with E-state index >= 15 is 0 Å². The van der Waals surface area contributed by atoms with Crippen LogP contribution in [-0.2, 0) is 19.1 Å². The van der Waals surface area contributed by atoms with Gasteiger partial charge in [-0.3, -0.25) is 9.63 Å². The molecule has 8 nitrogen and oxygen atoms in total. The highest BCUT2D eigenvalue weighted by molar-refractivity contribution is 5.89. The minimum absolute atomic E-state index is 0.00675. The Bertz CT molecular complexity index is 1290. The van der Waals surface area contributed by atoms with Gasteiger partial charge in [0, 0.05) is 5.56 Å². The molecule has 0 fully saturated rings. The number of amides is 1. The first kappa shape index (κ1) is 43.0. The van der Waals surface area contributed by atoms with Gasteiger partial charge < -0.3 is 14.8 Å². The molecule has 2 aromatic carbocycles. The van der Waals surface area contributed by atoms with Crippen molar-refractivity contribution in [2.75, 3.05) is 13.2 Å². The zero-order valence-corrected chi connectivity index (χ0v) is 28.6. The van der Waals surface area contributed by atoms with Gasteiger partial charge in [-0.2, -0.15) is 0 Å². The average molecular weight is 675 g/mol. The van der Waals surface area contributed by atoms with Crippen LogP contribution in [-0.4, -0.2) is 43.0 Å². The van der Waals surface area contributed by atoms with Gasteiger partial charge in [-0.25, -0.2) is 31.5 Å². The molecule has 0 radical (unpaired) electrons. The van der Waals surface area contributed by atoms with E-state index in [-0.39, 0.29) is 31.2 Å². The van der Waals surface area contributed by atoms with Crippen molar-refractivity contribution in [2.24, 2.45) is 10.6 Å². The van der Waals surface area contributed by atoms with E-state index < -0.39 is 52.1 Å². The summed E-state index contributed by atoms with van der Waals surface area (Å²) in [5.41, 5.74) is 0.103. The van der Waals surface area contributed by atoms with Crippen LogP contribution in [0.4, 0.5) is 26.7 Å². The monoisotopic (exact) mass is 674 g/mol. The van der Waals surface area contributed by atoms with E-state index in [1.807, 2.05) is 59.7 Å². The fraction of sp³-hybridized carbons (Fsp3) is 0.529. The van der Waals surface area contributed by atoms with Crippen molar-refractivity contribution in [2.45, 2.75) is 100 Å². The molecule has 0 saturated heterocycles. The highest BCUT2D eigenvalue weighted by atomic mass is 19.2. The molecule has 0 aliphatic heterocycles. The second kappa shape index (κ2) is 21.7. The van der Waals surface area contributed by atoms with Crippen LogP contribution >= 0.6 is 0 Å². The summed E-state index contributed by atoms with van der Waals surface area (Å²) in [5, 5.41) is 6.05. The van der Waals surface area contributed by atoms with Crippen LogP contribution in [0, 0.1) is 34.5 Å². The Morgan fingerprint density at radius 2 is 1.38 bits per heavy atom. The lowest BCUT2D eigenvalue weighted by atomic mass is 9.91. The van der Waals surface area contributed by atoms with Crippen LogP contribution in [0.15, 0.2) is 35.5 Å². The predicted octanol–water partition coefficient (Wildman–Crippen LogP) is 9.02. The third kappa shape index (κ3) is 15.0. The molecule has 0 spiro atoms. The fourth-order valence-corrected chi connectivity index (χ4v) is 3.02. The van der Waals surface area contributed by atoms with E-state index in [1.165, 1.54) is 6.92 Å². The summed E-state index contributed by atoms with van der Waals surface area (Å²) in [6.07, 6.45) is 1.89. The topological polar surface area (TPSA) is 103 Å². The zero-order valence-electron chi connectivity index (χ0n) is 28.6. The van der Waals surface area contributed by atoms with Gasteiger partial charge in [-0.1, -0.05) is 58.0 Å². The van der Waals surface area contributed by atoms with Crippen molar-refractivity contribution in [1.82, 2.24) is 5.32 Å². The molecular weight excluding hydrogens is 627 g/mol. The molecule has 1 N–H and O–H groups in total. The van der Waals surface area contributed by atoms with E-state index in [4.69, 9.17) is 9.47 Å². The highest BCUT2D eigenvalue weighted by Crippen LogP contribution is 2.30. The third-order valence-electron chi connectivity index (χ3n) is 7.08. The fourth-order valence-electron chi connectivity index (χ4n) is 3.02. The number of ether oxygens (including phenoxy) is 2.